The van der Waals surface area contributed by atoms with Gasteiger partial charge in [-0.25, -0.2) is 21.2 Å². The minimum Gasteiger partial charge on any atom is -0.398 e. The number of hydrogen-bond acceptors (Lipinski definition) is 5. The molecule has 1 aromatic carbocycles. The van der Waals surface area contributed by atoms with Gasteiger partial charge in [0.2, 0.25) is 20.0 Å². The quantitative estimate of drug-likeness (QED) is 0.762. The van der Waals surface area contributed by atoms with E-state index in [-0.39, 0.29) is 31.9 Å². The number of nitrogens with zero attached hydrogens (tertiary/aromatic N) is 2. The SMILES string of the molecule is CS(=O)(=O)N1CCN(S(=O)(=O)c2c(N)cccc2F)CC1. The van der Waals surface area contributed by atoms with Crippen molar-refractivity contribution in [3.05, 3.63) is 24.0 Å². The summed E-state index contributed by atoms with van der Waals surface area (Å²) in [6.45, 7) is -0.00873. The van der Waals surface area contributed by atoms with E-state index in [1.54, 1.807) is 0 Å². The van der Waals surface area contributed by atoms with Gasteiger partial charge in [0, 0.05) is 26.2 Å². The third-order valence-electron chi connectivity index (χ3n) is 3.26. The van der Waals surface area contributed by atoms with Crippen LogP contribution in [0.15, 0.2) is 23.1 Å². The summed E-state index contributed by atoms with van der Waals surface area (Å²) in [4.78, 5) is -0.558. The maximum absolute atomic E-state index is 13.8. The predicted molar refractivity (Wildman–Crippen MR) is 76.0 cm³/mol. The zero-order chi connectivity index (χ0) is 15.8. The third kappa shape index (κ3) is 3.18. The fourth-order valence-corrected chi connectivity index (χ4v) is 4.58. The Labute approximate surface area is 123 Å². The van der Waals surface area contributed by atoms with Crippen LogP contribution in [0.2, 0.25) is 0 Å². The molecule has 7 nitrogen and oxygen atoms in total. The molecule has 0 aliphatic carbocycles. The van der Waals surface area contributed by atoms with Crippen LogP contribution in [-0.2, 0) is 20.0 Å². The van der Waals surface area contributed by atoms with Crippen molar-refractivity contribution >= 4 is 25.7 Å². The van der Waals surface area contributed by atoms with E-state index in [2.05, 4.69) is 0 Å². The second-order valence-electron chi connectivity index (χ2n) is 4.72. The number of nitrogen functional groups attached to an aromatic ring is 1. The molecule has 0 unspecified atom stereocenters. The Morgan fingerprint density at radius 1 is 1.05 bits per heavy atom. The smallest absolute Gasteiger partial charge is 0.248 e. The zero-order valence-corrected chi connectivity index (χ0v) is 13.0. The highest BCUT2D eigenvalue weighted by Crippen LogP contribution is 2.26. The van der Waals surface area contributed by atoms with Crippen molar-refractivity contribution in [3.8, 4) is 0 Å². The normalized spacial score (nSPS) is 18.8. The summed E-state index contributed by atoms with van der Waals surface area (Å²) in [5.41, 5.74) is 5.39. The molecule has 0 saturated carbocycles. The van der Waals surface area contributed by atoms with Crippen LogP contribution >= 0.6 is 0 Å². The molecular weight excluding hydrogens is 321 g/mol. The molecule has 2 rings (SSSR count). The molecule has 0 aromatic heterocycles. The van der Waals surface area contributed by atoms with Gasteiger partial charge in [-0.3, -0.25) is 0 Å². The van der Waals surface area contributed by atoms with Gasteiger partial charge in [0.15, 0.2) is 0 Å². The highest BCUT2D eigenvalue weighted by atomic mass is 32.2. The van der Waals surface area contributed by atoms with Gasteiger partial charge >= 0.3 is 0 Å². The molecule has 0 bridgehead atoms. The minimum absolute atomic E-state index is 0.0341. The van der Waals surface area contributed by atoms with E-state index in [4.69, 9.17) is 5.73 Å². The van der Waals surface area contributed by atoms with Crippen LogP contribution < -0.4 is 5.73 Å². The molecule has 1 fully saturated rings. The first-order chi connectivity index (χ1) is 9.64. The summed E-state index contributed by atoms with van der Waals surface area (Å²) in [6, 6.07) is 3.66. The Bertz CT molecular complexity index is 720. The van der Waals surface area contributed by atoms with E-state index in [0.29, 0.717) is 0 Å². The molecule has 0 radical (unpaired) electrons. The fourth-order valence-electron chi connectivity index (χ4n) is 2.17. The second-order valence-corrected chi connectivity index (χ2v) is 8.58. The van der Waals surface area contributed by atoms with Crippen molar-refractivity contribution in [2.75, 3.05) is 38.2 Å². The number of sulfonamides is 2. The monoisotopic (exact) mass is 337 g/mol. The predicted octanol–water partition coefficient (Wildman–Crippen LogP) is -0.326. The number of rotatable bonds is 3. The molecule has 10 heteroatoms. The Balaban J connectivity index is 2.27. The third-order valence-corrected chi connectivity index (χ3v) is 6.56. The molecule has 0 spiro atoms. The summed E-state index contributed by atoms with van der Waals surface area (Å²) in [5.74, 6) is -0.916. The number of anilines is 1. The van der Waals surface area contributed by atoms with E-state index >= 15 is 0 Å². The Morgan fingerprint density at radius 2 is 1.57 bits per heavy atom. The Hall–Kier alpha value is -1.23. The number of halogens is 1. The molecule has 1 aromatic rings. The maximum atomic E-state index is 13.8. The number of nitrogens with two attached hydrogens (primary N) is 1. The van der Waals surface area contributed by atoms with Crippen molar-refractivity contribution in [1.29, 1.82) is 0 Å². The lowest BCUT2D eigenvalue weighted by Gasteiger charge is -2.32. The summed E-state index contributed by atoms with van der Waals surface area (Å²) < 4.78 is 63.6. The van der Waals surface area contributed by atoms with E-state index < -0.39 is 30.8 Å². The first-order valence-corrected chi connectivity index (χ1v) is 9.42. The molecule has 1 heterocycles. The van der Waals surface area contributed by atoms with Crippen LogP contribution in [-0.4, -0.2) is 57.9 Å². The summed E-state index contributed by atoms with van der Waals surface area (Å²) in [5, 5.41) is 0. The lowest BCUT2D eigenvalue weighted by molar-refractivity contribution is 0.273. The number of hydrogen-bond donors (Lipinski definition) is 1. The molecule has 0 atom stereocenters. The van der Waals surface area contributed by atoms with Gasteiger partial charge in [0.1, 0.15) is 10.7 Å². The average molecular weight is 337 g/mol. The highest BCUT2D eigenvalue weighted by molar-refractivity contribution is 7.89. The largest absolute Gasteiger partial charge is 0.398 e. The van der Waals surface area contributed by atoms with Gasteiger partial charge in [-0.1, -0.05) is 6.07 Å². The molecular formula is C11H16FN3O4S2. The molecule has 2 N–H and O–H groups in total. The van der Waals surface area contributed by atoms with E-state index in [1.807, 2.05) is 0 Å². The van der Waals surface area contributed by atoms with Gasteiger partial charge in [-0.05, 0) is 12.1 Å². The molecule has 1 saturated heterocycles. The van der Waals surface area contributed by atoms with Crippen LogP contribution in [0.3, 0.4) is 0 Å². The van der Waals surface area contributed by atoms with Crippen molar-refractivity contribution in [3.63, 3.8) is 0 Å². The van der Waals surface area contributed by atoms with Crippen LogP contribution in [0.5, 0.6) is 0 Å². The fraction of sp³-hybridized carbons (Fsp3) is 0.455. The molecule has 0 amide bonds. The number of benzene rings is 1. The van der Waals surface area contributed by atoms with Gasteiger partial charge in [0.05, 0.1) is 11.9 Å². The first kappa shape index (κ1) is 16.1. The van der Waals surface area contributed by atoms with E-state index in [1.165, 1.54) is 16.4 Å². The summed E-state index contributed by atoms with van der Waals surface area (Å²) >= 11 is 0. The molecule has 1 aliphatic rings. The zero-order valence-electron chi connectivity index (χ0n) is 11.4. The van der Waals surface area contributed by atoms with Crippen molar-refractivity contribution in [1.82, 2.24) is 8.61 Å². The van der Waals surface area contributed by atoms with E-state index in [0.717, 1.165) is 16.6 Å². The van der Waals surface area contributed by atoms with Crippen molar-refractivity contribution < 1.29 is 21.2 Å². The lowest BCUT2D eigenvalue weighted by atomic mass is 10.3. The van der Waals surface area contributed by atoms with Crippen molar-refractivity contribution in [2.45, 2.75) is 4.90 Å². The van der Waals surface area contributed by atoms with Gasteiger partial charge in [-0.15, -0.1) is 0 Å². The Morgan fingerprint density at radius 3 is 2.05 bits per heavy atom. The maximum Gasteiger partial charge on any atom is 0.248 e. The van der Waals surface area contributed by atoms with Crippen molar-refractivity contribution in [2.24, 2.45) is 0 Å². The number of piperazine rings is 1. The molecule has 118 valence electrons. The highest BCUT2D eigenvalue weighted by Gasteiger charge is 2.34. The van der Waals surface area contributed by atoms with Crippen LogP contribution in [0.1, 0.15) is 0 Å². The van der Waals surface area contributed by atoms with Crippen LogP contribution in [0.25, 0.3) is 0 Å². The molecule has 1 aliphatic heterocycles. The van der Waals surface area contributed by atoms with Crippen LogP contribution in [0.4, 0.5) is 10.1 Å². The summed E-state index contributed by atoms with van der Waals surface area (Å²) in [6.07, 6.45) is 1.06. The average Bonchev–Trinajstić information content (AvgIpc) is 2.37. The van der Waals surface area contributed by atoms with Gasteiger partial charge < -0.3 is 5.73 Å². The first-order valence-electron chi connectivity index (χ1n) is 6.13. The standard InChI is InChI=1S/C11H16FN3O4S2/c1-20(16,17)14-5-7-15(8-6-14)21(18,19)11-9(12)3-2-4-10(11)13/h2-4H,5-8,13H2,1H3. The van der Waals surface area contributed by atoms with Gasteiger partial charge in [0.25, 0.3) is 0 Å². The topological polar surface area (TPSA) is 101 Å². The Kier molecular flexibility index (Phi) is 4.24. The molecule has 21 heavy (non-hydrogen) atoms. The van der Waals surface area contributed by atoms with E-state index in [9.17, 15) is 21.2 Å². The lowest BCUT2D eigenvalue weighted by Crippen LogP contribution is -2.50. The van der Waals surface area contributed by atoms with Gasteiger partial charge in [-0.2, -0.15) is 8.61 Å². The second kappa shape index (κ2) is 5.52. The minimum atomic E-state index is -4.08. The van der Waals surface area contributed by atoms with Crippen LogP contribution in [0, 0.1) is 5.82 Å². The summed E-state index contributed by atoms with van der Waals surface area (Å²) in [7, 11) is -7.44.